The molecule has 6 nitrogen and oxygen atoms in total. The second-order valence-corrected chi connectivity index (χ2v) is 8.67. The third-order valence-electron chi connectivity index (χ3n) is 2.38. The van der Waals surface area contributed by atoms with Gasteiger partial charge in [0.25, 0.3) is 0 Å². The lowest BCUT2D eigenvalue weighted by atomic mass is 10.0. The van der Waals surface area contributed by atoms with Gasteiger partial charge in [-0.05, 0) is 31.2 Å². The number of ketones is 1. The molecule has 126 valence electrons. The summed E-state index contributed by atoms with van der Waals surface area (Å²) in [5.74, 6) is 3.97. The number of primary amides is 1. The van der Waals surface area contributed by atoms with Crippen molar-refractivity contribution in [1.82, 2.24) is 4.72 Å². The van der Waals surface area contributed by atoms with Crippen LogP contribution in [0.1, 0.15) is 27.2 Å². The summed E-state index contributed by atoms with van der Waals surface area (Å²) in [6.07, 6.45) is 0.801. The van der Waals surface area contributed by atoms with Crippen LogP contribution in [0.4, 0.5) is 4.79 Å². The Hall–Kier alpha value is -1.09. The number of rotatable bonds is 5. The summed E-state index contributed by atoms with van der Waals surface area (Å²) in [6, 6.07) is 0.367. The van der Waals surface area contributed by atoms with E-state index in [0.717, 1.165) is 17.8 Å². The zero-order valence-corrected chi connectivity index (χ0v) is 15.2. The molecule has 1 aromatic heterocycles. The summed E-state index contributed by atoms with van der Waals surface area (Å²) >= 11 is 6.77. The van der Waals surface area contributed by atoms with Crippen LogP contribution in [0, 0.1) is 5.92 Å². The van der Waals surface area contributed by atoms with Gasteiger partial charge in [-0.15, -0.1) is 11.3 Å². The fourth-order valence-corrected chi connectivity index (χ4v) is 3.85. The smallest absolute Gasteiger partial charge is 0.323 e. The molecule has 1 heterocycles. The van der Waals surface area contributed by atoms with Gasteiger partial charge in [0.05, 0.1) is 20.8 Å². The number of halogens is 1. The van der Waals surface area contributed by atoms with Crippen LogP contribution in [0.5, 0.6) is 0 Å². The molecule has 0 bridgehead atoms. The largest absolute Gasteiger partial charge is 0.351 e. The van der Waals surface area contributed by atoms with Crippen LogP contribution >= 0.6 is 22.9 Å². The summed E-state index contributed by atoms with van der Waals surface area (Å²) < 4.78 is 14.1. The predicted molar refractivity (Wildman–Crippen MR) is 93.7 cm³/mol. The van der Waals surface area contributed by atoms with E-state index in [2.05, 4.69) is 24.4 Å². The fraction of sp³-hybridized carbons (Fsp3) is 0.462. The van der Waals surface area contributed by atoms with Crippen molar-refractivity contribution in [3.05, 3.63) is 16.5 Å². The standard InChI is InChI=1S/C7H15NO.C6H7ClN2O2S2/c1-5(2)4-7(8)6(3)9;1-13(11,9-6(8)10)5-2-4(7)3-12-5/h5,7H,4,8H2,1-3H3;2-3H,1H2,(H3,8,9,10,11). The van der Waals surface area contributed by atoms with Crippen LogP contribution < -0.4 is 16.2 Å². The zero-order valence-electron chi connectivity index (χ0n) is 12.8. The van der Waals surface area contributed by atoms with Crippen LogP contribution in [-0.4, -0.2) is 27.9 Å². The van der Waals surface area contributed by atoms with Crippen molar-refractivity contribution in [2.75, 3.05) is 0 Å². The maximum atomic E-state index is 11.6. The topological polar surface area (TPSA) is 115 Å². The van der Waals surface area contributed by atoms with Crippen LogP contribution in [0.2, 0.25) is 5.02 Å². The first-order chi connectivity index (χ1) is 9.95. The highest BCUT2D eigenvalue weighted by Gasteiger charge is 2.11. The molecule has 0 spiro atoms. The van der Waals surface area contributed by atoms with Crippen molar-refractivity contribution >= 4 is 50.3 Å². The first-order valence-electron chi connectivity index (χ1n) is 6.40. The Kier molecular flexibility index (Phi) is 8.69. The van der Waals surface area contributed by atoms with Gasteiger partial charge in [0, 0.05) is 5.38 Å². The molecule has 0 aliphatic heterocycles. The van der Waals surface area contributed by atoms with Crippen LogP contribution in [0.25, 0.3) is 0 Å². The molecule has 2 amide bonds. The normalized spacial score (nSPS) is 14.5. The number of nitrogens with one attached hydrogen (secondary N) is 1. The Balaban J connectivity index is 0.000000433. The molecule has 22 heavy (non-hydrogen) atoms. The van der Waals surface area contributed by atoms with E-state index in [1.807, 2.05) is 0 Å². The van der Waals surface area contributed by atoms with Crippen molar-refractivity contribution < 1.29 is 13.8 Å². The summed E-state index contributed by atoms with van der Waals surface area (Å²) in [4.78, 5) is 21.0. The second kappa shape index (κ2) is 9.14. The number of Topliss-reactive ketones (excluding diaryl/α,β-unsaturated/α-hetero) is 1. The lowest BCUT2D eigenvalue weighted by molar-refractivity contribution is -0.118. The third kappa shape index (κ3) is 8.38. The molecule has 0 saturated heterocycles. The number of hydrogen-bond donors (Lipinski definition) is 3. The monoisotopic (exact) mass is 367 g/mol. The molecule has 0 aromatic carbocycles. The molecule has 0 fully saturated rings. The maximum absolute atomic E-state index is 11.6. The fourth-order valence-electron chi connectivity index (χ4n) is 1.35. The highest BCUT2D eigenvalue weighted by molar-refractivity contribution is 8.00. The molecule has 2 atom stereocenters. The Morgan fingerprint density at radius 1 is 1.50 bits per heavy atom. The van der Waals surface area contributed by atoms with Crippen molar-refractivity contribution in [2.24, 2.45) is 17.4 Å². The zero-order chi connectivity index (χ0) is 17.5. The minimum atomic E-state index is -2.83. The number of carbonyl (C=O) groups excluding carboxylic acids is 2. The average molecular weight is 368 g/mol. The van der Waals surface area contributed by atoms with Crippen molar-refractivity contribution in [1.29, 1.82) is 0 Å². The lowest BCUT2D eigenvalue weighted by Crippen LogP contribution is -2.34. The molecule has 0 aliphatic carbocycles. The molecule has 1 aromatic rings. The maximum Gasteiger partial charge on any atom is 0.323 e. The van der Waals surface area contributed by atoms with Crippen molar-refractivity contribution in [3.63, 3.8) is 0 Å². The summed E-state index contributed by atoms with van der Waals surface area (Å²) in [7, 11) is -2.83. The minimum absolute atomic E-state index is 0.0868. The molecular formula is C13H22ClN3O3S2. The van der Waals surface area contributed by atoms with Crippen molar-refractivity contribution in [2.45, 2.75) is 37.4 Å². The van der Waals surface area contributed by atoms with E-state index in [0.29, 0.717) is 15.1 Å². The van der Waals surface area contributed by atoms with Crippen molar-refractivity contribution in [3.8, 4) is 0 Å². The first-order valence-corrected chi connectivity index (χ1v) is 9.38. The Bertz CT molecular complexity index is 612. The highest BCUT2D eigenvalue weighted by atomic mass is 35.5. The Labute approximate surface area is 140 Å². The van der Waals surface area contributed by atoms with Crippen LogP contribution in [0.15, 0.2) is 15.7 Å². The average Bonchev–Trinajstić information content (AvgIpc) is 2.74. The highest BCUT2D eigenvalue weighted by Crippen LogP contribution is 2.23. The third-order valence-corrected chi connectivity index (χ3v) is 5.85. The van der Waals surface area contributed by atoms with E-state index in [9.17, 15) is 13.8 Å². The van der Waals surface area contributed by atoms with E-state index in [4.69, 9.17) is 23.1 Å². The second-order valence-electron chi connectivity index (χ2n) is 5.07. The van der Waals surface area contributed by atoms with Gasteiger partial charge in [-0.3, -0.25) is 9.52 Å². The van der Waals surface area contributed by atoms with E-state index in [1.54, 1.807) is 5.38 Å². The van der Waals surface area contributed by atoms with Gasteiger partial charge in [-0.25, -0.2) is 9.00 Å². The molecule has 0 aliphatic rings. The Morgan fingerprint density at radius 2 is 2.05 bits per heavy atom. The molecule has 0 saturated carbocycles. The SMILES string of the molecule is C=S(=O)(NC(N)=O)c1cc(Cl)cs1.CC(=O)C(N)CC(C)C. The molecule has 0 radical (unpaired) electrons. The van der Waals surface area contributed by atoms with E-state index in [-0.39, 0.29) is 11.8 Å². The van der Waals surface area contributed by atoms with Crippen LogP contribution in [-0.2, 0) is 14.5 Å². The predicted octanol–water partition coefficient (Wildman–Crippen LogP) is 2.01. The molecule has 2 unspecified atom stereocenters. The molecule has 9 heteroatoms. The number of carbonyl (C=O) groups is 2. The number of thiophene rings is 1. The first kappa shape index (κ1) is 20.9. The van der Waals surface area contributed by atoms with E-state index >= 15 is 0 Å². The molecule has 5 N–H and O–H groups in total. The number of urea groups is 1. The minimum Gasteiger partial charge on any atom is -0.351 e. The number of amides is 2. The quantitative estimate of drug-likeness (QED) is 0.690. The van der Waals surface area contributed by atoms with Gasteiger partial charge in [-0.2, -0.15) is 0 Å². The summed E-state index contributed by atoms with van der Waals surface area (Å²) in [6.45, 7) is 5.65. The molecular weight excluding hydrogens is 346 g/mol. The Morgan fingerprint density at radius 3 is 2.32 bits per heavy atom. The summed E-state index contributed by atoms with van der Waals surface area (Å²) in [5, 5.41) is 2.06. The van der Waals surface area contributed by atoms with Gasteiger partial charge >= 0.3 is 6.03 Å². The number of nitrogens with two attached hydrogens (primary N) is 2. The van der Waals surface area contributed by atoms with Gasteiger partial charge in [0.2, 0.25) is 0 Å². The van der Waals surface area contributed by atoms with Gasteiger partial charge in [0.1, 0.15) is 9.99 Å². The van der Waals surface area contributed by atoms with E-state index in [1.165, 1.54) is 13.0 Å². The number of hydrogen-bond acceptors (Lipinski definition) is 5. The lowest BCUT2D eigenvalue weighted by Gasteiger charge is -2.08. The van der Waals surface area contributed by atoms with Gasteiger partial charge < -0.3 is 11.5 Å². The van der Waals surface area contributed by atoms with E-state index < -0.39 is 15.7 Å². The van der Waals surface area contributed by atoms with Crippen LogP contribution in [0.3, 0.4) is 0 Å². The van der Waals surface area contributed by atoms with Gasteiger partial charge in [-0.1, -0.05) is 25.4 Å². The summed E-state index contributed by atoms with van der Waals surface area (Å²) in [5.41, 5.74) is 10.3. The van der Waals surface area contributed by atoms with Gasteiger partial charge in [0.15, 0.2) is 0 Å². The molecule has 1 rings (SSSR count).